The summed E-state index contributed by atoms with van der Waals surface area (Å²) in [4.78, 5) is 0. The molecule has 1 N–H and O–H groups in total. The minimum atomic E-state index is -0.0400. The molecule has 29 heavy (non-hydrogen) atoms. The van der Waals surface area contributed by atoms with Crippen LogP contribution in [0.5, 0.6) is 0 Å². The molecule has 0 heterocycles. The smallest absolute Gasteiger partial charge is 0.0543 e. The maximum absolute atomic E-state index is 10.2. The Balaban J connectivity index is 1.50. The molecular formula is C28H48O. The first-order valence-electron chi connectivity index (χ1n) is 13.0. The van der Waals surface area contributed by atoms with Crippen LogP contribution in [-0.4, -0.2) is 11.2 Å². The fourth-order valence-corrected chi connectivity index (χ4v) is 8.53. The predicted molar refractivity (Wildman–Crippen MR) is 124 cm³/mol. The number of allylic oxidation sites excluding steroid dienone is 2. The molecule has 9 atom stereocenters. The molecule has 0 bridgehead atoms. The molecule has 0 aliphatic heterocycles. The maximum Gasteiger partial charge on any atom is 0.0543 e. The lowest BCUT2D eigenvalue weighted by molar-refractivity contribution is -0.0428. The molecule has 0 aromatic carbocycles. The molecule has 0 saturated heterocycles. The van der Waals surface area contributed by atoms with E-state index in [0.29, 0.717) is 10.8 Å². The highest BCUT2D eigenvalue weighted by Crippen LogP contribution is 2.67. The molecule has 3 fully saturated rings. The Morgan fingerprint density at radius 1 is 0.931 bits per heavy atom. The molecule has 3 saturated carbocycles. The van der Waals surface area contributed by atoms with E-state index in [-0.39, 0.29) is 6.10 Å². The molecule has 0 radical (unpaired) electrons. The van der Waals surface area contributed by atoms with Crippen molar-refractivity contribution in [1.29, 1.82) is 0 Å². The van der Waals surface area contributed by atoms with E-state index < -0.39 is 0 Å². The van der Waals surface area contributed by atoms with Crippen molar-refractivity contribution in [1.82, 2.24) is 0 Å². The number of rotatable bonds is 5. The van der Waals surface area contributed by atoms with Crippen molar-refractivity contribution in [3.05, 3.63) is 11.6 Å². The highest BCUT2D eigenvalue weighted by atomic mass is 16.3. The molecule has 0 spiro atoms. The molecular weight excluding hydrogens is 352 g/mol. The lowest BCUT2D eigenvalue weighted by Gasteiger charge is -2.57. The Hall–Kier alpha value is -0.300. The summed E-state index contributed by atoms with van der Waals surface area (Å²) in [5.41, 5.74) is 2.88. The van der Waals surface area contributed by atoms with Gasteiger partial charge in [0.05, 0.1) is 6.10 Å². The summed E-state index contributed by atoms with van der Waals surface area (Å²) >= 11 is 0. The van der Waals surface area contributed by atoms with Crippen LogP contribution in [0.3, 0.4) is 0 Å². The third-order valence-electron chi connectivity index (χ3n) is 11.0. The molecule has 0 aromatic heterocycles. The van der Waals surface area contributed by atoms with Gasteiger partial charge in [0.1, 0.15) is 0 Å². The summed E-state index contributed by atoms with van der Waals surface area (Å²) < 4.78 is 0. The summed E-state index contributed by atoms with van der Waals surface area (Å²) in [6.07, 6.45) is 15.8. The van der Waals surface area contributed by atoms with Crippen molar-refractivity contribution in [3.8, 4) is 0 Å². The standard InChI is InChI=1S/C28H48O/c1-18(2)19(3)7-8-20(4)24-11-12-25-23-10-9-21-17-22(29)13-15-27(21,5)26(23)14-16-28(24,25)6/h10,18-22,24-26,29H,7-9,11-17H2,1-6H3/t19?,20-,21+,22+,24-,25+,26+,27+,28-/m1/s1. The maximum atomic E-state index is 10.2. The van der Waals surface area contributed by atoms with Gasteiger partial charge in [0.25, 0.3) is 0 Å². The van der Waals surface area contributed by atoms with Crippen LogP contribution in [-0.2, 0) is 0 Å². The van der Waals surface area contributed by atoms with Crippen molar-refractivity contribution in [2.45, 2.75) is 112 Å². The van der Waals surface area contributed by atoms with E-state index in [1.807, 2.05) is 5.57 Å². The minimum Gasteiger partial charge on any atom is -0.393 e. The quantitative estimate of drug-likeness (QED) is 0.470. The number of aliphatic hydroxyl groups excluding tert-OH is 1. The second kappa shape index (κ2) is 7.99. The van der Waals surface area contributed by atoms with Crippen LogP contribution in [0.2, 0.25) is 0 Å². The molecule has 0 aromatic rings. The SMILES string of the molecule is CC(C)C(C)CC[C@@H](C)[C@H]1CC[C@H]2C3=CC[C@H]4C[C@@H](O)CC[C@]4(C)[C@H]3CC[C@]12C. The van der Waals surface area contributed by atoms with E-state index in [4.69, 9.17) is 0 Å². The first-order chi connectivity index (χ1) is 13.7. The average Bonchev–Trinajstić information content (AvgIpc) is 3.03. The van der Waals surface area contributed by atoms with Crippen LogP contribution in [0.25, 0.3) is 0 Å². The first-order valence-corrected chi connectivity index (χ1v) is 13.0. The van der Waals surface area contributed by atoms with Crippen molar-refractivity contribution < 1.29 is 5.11 Å². The molecule has 0 amide bonds. The van der Waals surface area contributed by atoms with E-state index >= 15 is 0 Å². The lowest BCUT2D eigenvalue weighted by atomic mass is 9.47. The summed E-state index contributed by atoms with van der Waals surface area (Å²) in [6.45, 7) is 15.1. The Morgan fingerprint density at radius 2 is 1.62 bits per heavy atom. The zero-order chi connectivity index (χ0) is 21.0. The van der Waals surface area contributed by atoms with Gasteiger partial charge in [-0.25, -0.2) is 0 Å². The van der Waals surface area contributed by atoms with Crippen molar-refractivity contribution in [2.75, 3.05) is 0 Å². The van der Waals surface area contributed by atoms with Gasteiger partial charge >= 0.3 is 0 Å². The largest absolute Gasteiger partial charge is 0.393 e. The van der Waals surface area contributed by atoms with Crippen LogP contribution in [0.15, 0.2) is 11.6 Å². The first kappa shape index (κ1) is 21.9. The number of hydrogen-bond donors (Lipinski definition) is 1. The van der Waals surface area contributed by atoms with Gasteiger partial charge in [-0.2, -0.15) is 0 Å². The van der Waals surface area contributed by atoms with Gasteiger partial charge in [0.15, 0.2) is 0 Å². The van der Waals surface area contributed by atoms with Gasteiger partial charge in [0, 0.05) is 0 Å². The van der Waals surface area contributed by atoms with E-state index in [1.54, 1.807) is 0 Å². The summed E-state index contributed by atoms with van der Waals surface area (Å²) in [5, 5.41) is 10.2. The van der Waals surface area contributed by atoms with E-state index in [0.717, 1.165) is 54.3 Å². The predicted octanol–water partition coefficient (Wildman–Crippen LogP) is 7.63. The monoisotopic (exact) mass is 400 g/mol. The van der Waals surface area contributed by atoms with Gasteiger partial charge in [-0.05, 0) is 104 Å². The lowest BCUT2D eigenvalue weighted by Crippen LogP contribution is -2.49. The van der Waals surface area contributed by atoms with Crippen LogP contribution >= 0.6 is 0 Å². The number of aliphatic hydroxyl groups is 1. The number of hydrogen-bond acceptors (Lipinski definition) is 1. The molecule has 1 heteroatoms. The second-order valence-electron chi connectivity index (χ2n) is 12.7. The molecule has 1 unspecified atom stereocenters. The zero-order valence-electron chi connectivity index (χ0n) is 20.2. The van der Waals surface area contributed by atoms with Gasteiger partial charge in [0.2, 0.25) is 0 Å². The summed E-state index contributed by atoms with van der Waals surface area (Å²) in [7, 11) is 0. The third kappa shape index (κ3) is 3.66. The third-order valence-corrected chi connectivity index (χ3v) is 11.0. The van der Waals surface area contributed by atoms with Crippen LogP contribution in [0, 0.1) is 52.3 Å². The molecule has 4 aliphatic rings. The van der Waals surface area contributed by atoms with Crippen LogP contribution < -0.4 is 0 Å². The Morgan fingerprint density at radius 3 is 2.34 bits per heavy atom. The topological polar surface area (TPSA) is 20.2 Å². The molecule has 4 aliphatic carbocycles. The fourth-order valence-electron chi connectivity index (χ4n) is 8.53. The zero-order valence-corrected chi connectivity index (χ0v) is 20.2. The Labute approximate surface area is 181 Å². The van der Waals surface area contributed by atoms with E-state index in [1.165, 1.54) is 51.4 Å². The Bertz CT molecular complexity index is 620. The van der Waals surface area contributed by atoms with Crippen molar-refractivity contribution in [2.24, 2.45) is 52.3 Å². The van der Waals surface area contributed by atoms with E-state index in [2.05, 4.69) is 47.6 Å². The van der Waals surface area contributed by atoms with Gasteiger partial charge in [-0.15, -0.1) is 0 Å². The minimum absolute atomic E-state index is 0.0400. The van der Waals surface area contributed by atoms with Crippen LogP contribution in [0.1, 0.15) is 106 Å². The molecule has 1 nitrogen and oxygen atoms in total. The molecule has 4 rings (SSSR count). The fraction of sp³-hybridized carbons (Fsp3) is 0.929. The van der Waals surface area contributed by atoms with Gasteiger partial charge in [-0.3, -0.25) is 0 Å². The average molecular weight is 401 g/mol. The normalized spacial score (nSPS) is 46.5. The van der Waals surface area contributed by atoms with Crippen LogP contribution in [0.4, 0.5) is 0 Å². The molecule has 166 valence electrons. The van der Waals surface area contributed by atoms with Gasteiger partial charge < -0.3 is 5.11 Å². The summed E-state index contributed by atoms with van der Waals surface area (Å²) in [6, 6.07) is 0. The Kier molecular flexibility index (Phi) is 6.04. The second-order valence-corrected chi connectivity index (χ2v) is 12.7. The van der Waals surface area contributed by atoms with Gasteiger partial charge in [-0.1, -0.05) is 66.0 Å². The van der Waals surface area contributed by atoms with Crippen molar-refractivity contribution >= 4 is 0 Å². The number of fused-ring (bicyclic) bond motifs is 5. The highest BCUT2D eigenvalue weighted by Gasteiger charge is 2.58. The summed E-state index contributed by atoms with van der Waals surface area (Å²) in [5.74, 6) is 5.85. The van der Waals surface area contributed by atoms with E-state index in [9.17, 15) is 5.11 Å². The highest BCUT2D eigenvalue weighted by molar-refractivity contribution is 5.27. The van der Waals surface area contributed by atoms with Crippen molar-refractivity contribution in [3.63, 3.8) is 0 Å².